The molecule has 0 radical (unpaired) electrons. The lowest BCUT2D eigenvalue weighted by Gasteiger charge is -2.30. The molecule has 96 valence electrons. The minimum Gasteiger partial charge on any atom is -0.370 e. The van der Waals surface area contributed by atoms with Gasteiger partial charge in [-0.1, -0.05) is 19.9 Å². The molecule has 0 saturated carbocycles. The normalized spacial score (nSPS) is 12.5. The molecule has 0 aliphatic heterocycles. The predicted octanol–water partition coefficient (Wildman–Crippen LogP) is 3.13. The van der Waals surface area contributed by atoms with Crippen LogP contribution >= 0.6 is 0 Å². The first kappa shape index (κ1) is 14.0. The van der Waals surface area contributed by atoms with E-state index in [4.69, 9.17) is 0 Å². The van der Waals surface area contributed by atoms with Crippen LogP contribution in [0.25, 0.3) is 0 Å². The Kier molecular flexibility index (Phi) is 5.49. The average Bonchev–Trinajstić information content (AvgIpc) is 2.28. The van der Waals surface area contributed by atoms with Crippen LogP contribution in [0.3, 0.4) is 0 Å². The van der Waals surface area contributed by atoms with Gasteiger partial charge in [-0.05, 0) is 50.1 Å². The first-order chi connectivity index (χ1) is 8.08. The van der Waals surface area contributed by atoms with Crippen LogP contribution < -0.4 is 10.2 Å². The highest BCUT2D eigenvalue weighted by molar-refractivity contribution is 5.51. The summed E-state index contributed by atoms with van der Waals surface area (Å²) in [5, 5.41) is 3.44. The largest absolute Gasteiger partial charge is 0.370 e. The molecule has 1 N–H and O–H groups in total. The number of likely N-dealkylation sites (N-methyl/N-ethyl adjacent to an activating group) is 2. The smallest absolute Gasteiger partial charge is 0.0408 e. The summed E-state index contributed by atoms with van der Waals surface area (Å²) >= 11 is 0. The second-order valence-electron chi connectivity index (χ2n) is 4.83. The molecule has 0 spiro atoms. The number of hydrogen-bond donors (Lipinski definition) is 1. The fourth-order valence-corrected chi connectivity index (χ4v) is 2.23. The summed E-state index contributed by atoms with van der Waals surface area (Å²) in [7, 11) is 2.19. The summed E-state index contributed by atoms with van der Waals surface area (Å²) in [6.07, 6.45) is 1.16. The van der Waals surface area contributed by atoms with E-state index in [1.54, 1.807) is 0 Å². The van der Waals surface area contributed by atoms with Gasteiger partial charge in [-0.15, -0.1) is 0 Å². The summed E-state index contributed by atoms with van der Waals surface area (Å²) < 4.78 is 0. The van der Waals surface area contributed by atoms with Gasteiger partial charge in [0.2, 0.25) is 0 Å². The molecule has 0 heterocycles. The van der Waals surface area contributed by atoms with Crippen molar-refractivity contribution in [1.82, 2.24) is 5.32 Å². The molecule has 0 amide bonds. The molecule has 2 nitrogen and oxygen atoms in total. The van der Waals surface area contributed by atoms with Crippen LogP contribution in [0.5, 0.6) is 0 Å². The third-order valence-corrected chi connectivity index (χ3v) is 3.26. The van der Waals surface area contributed by atoms with E-state index in [0.29, 0.717) is 6.04 Å². The summed E-state index contributed by atoms with van der Waals surface area (Å²) in [6, 6.07) is 7.32. The highest BCUT2D eigenvalue weighted by Gasteiger charge is 2.13. The van der Waals surface area contributed by atoms with E-state index >= 15 is 0 Å². The molecule has 0 saturated heterocycles. The summed E-state index contributed by atoms with van der Waals surface area (Å²) in [6.45, 7) is 10.8. The van der Waals surface area contributed by atoms with E-state index in [1.807, 2.05) is 0 Å². The van der Waals surface area contributed by atoms with Crippen molar-refractivity contribution >= 4 is 5.69 Å². The van der Waals surface area contributed by atoms with E-state index in [9.17, 15) is 0 Å². The van der Waals surface area contributed by atoms with Gasteiger partial charge in [-0.2, -0.15) is 0 Å². The van der Waals surface area contributed by atoms with Crippen molar-refractivity contribution in [2.75, 3.05) is 25.0 Å². The molecule has 0 aliphatic rings. The SMILES string of the molecule is CCNCC(CC)N(C)c1cc(C)cc(C)c1. The van der Waals surface area contributed by atoms with Gasteiger partial charge in [0.25, 0.3) is 0 Å². The Morgan fingerprint density at radius 1 is 1.12 bits per heavy atom. The minimum atomic E-state index is 0.566. The van der Waals surface area contributed by atoms with Gasteiger partial charge in [-0.3, -0.25) is 0 Å². The number of nitrogens with one attached hydrogen (secondary N) is 1. The van der Waals surface area contributed by atoms with E-state index in [1.165, 1.54) is 16.8 Å². The second-order valence-corrected chi connectivity index (χ2v) is 4.83. The lowest BCUT2D eigenvalue weighted by atomic mass is 10.1. The highest BCUT2D eigenvalue weighted by atomic mass is 15.2. The first-order valence-electron chi connectivity index (χ1n) is 6.60. The topological polar surface area (TPSA) is 15.3 Å². The van der Waals surface area contributed by atoms with Crippen molar-refractivity contribution in [3.05, 3.63) is 29.3 Å². The lowest BCUT2D eigenvalue weighted by molar-refractivity contribution is 0.551. The minimum absolute atomic E-state index is 0.566. The van der Waals surface area contributed by atoms with Crippen molar-refractivity contribution in [1.29, 1.82) is 0 Å². The Hall–Kier alpha value is -1.02. The van der Waals surface area contributed by atoms with Gasteiger partial charge < -0.3 is 10.2 Å². The van der Waals surface area contributed by atoms with Crippen molar-refractivity contribution in [3.63, 3.8) is 0 Å². The monoisotopic (exact) mass is 234 g/mol. The third kappa shape index (κ3) is 4.04. The van der Waals surface area contributed by atoms with E-state index in [0.717, 1.165) is 19.5 Å². The van der Waals surface area contributed by atoms with Crippen LogP contribution in [-0.2, 0) is 0 Å². The Balaban J connectivity index is 2.81. The van der Waals surface area contributed by atoms with Gasteiger partial charge in [-0.25, -0.2) is 0 Å². The molecule has 1 aromatic carbocycles. The zero-order valence-electron chi connectivity index (χ0n) is 11.9. The van der Waals surface area contributed by atoms with Crippen molar-refractivity contribution in [2.24, 2.45) is 0 Å². The second kappa shape index (κ2) is 6.65. The van der Waals surface area contributed by atoms with E-state index in [-0.39, 0.29) is 0 Å². The summed E-state index contributed by atoms with van der Waals surface area (Å²) in [5.41, 5.74) is 4.00. The lowest BCUT2D eigenvalue weighted by Crippen LogP contribution is -2.39. The Bertz CT molecular complexity index is 327. The van der Waals surface area contributed by atoms with Crippen LogP contribution in [0.2, 0.25) is 0 Å². The standard InChI is InChI=1S/C15H26N2/c1-6-14(11-16-7-2)17(5)15-9-12(3)8-13(4)10-15/h8-10,14,16H,6-7,11H2,1-5H3. The van der Waals surface area contributed by atoms with Gasteiger partial charge in [0.1, 0.15) is 0 Å². The number of benzene rings is 1. The maximum absolute atomic E-state index is 3.44. The third-order valence-electron chi connectivity index (χ3n) is 3.26. The molecule has 0 bridgehead atoms. The van der Waals surface area contributed by atoms with Crippen molar-refractivity contribution < 1.29 is 0 Å². The van der Waals surface area contributed by atoms with Crippen LogP contribution in [0.4, 0.5) is 5.69 Å². The van der Waals surface area contributed by atoms with Crippen LogP contribution in [0.15, 0.2) is 18.2 Å². The number of nitrogens with zero attached hydrogens (tertiary/aromatic N) is 1. The molecule has 1 aromatic rings. The zero-order valence-corrected chi connectivity index (χ0v) is 11.9. The molecule has 0 aliphatic carbocycles. The first-order valence-corrected chi connectivity index (χ1v) is 6.60. The summed E-state index contributed by atoms with van der Waals surface area (Å²) in [4.78, 5) is 2.39. The maximum Gasteiger partial charge on any atom is 0.0408 e. The van der Waals surface area contributed by atoms with Gasteiger partial charge >= 0.3 is 0 Å². The Morgan fingerprint density at radius 2 is 1.71 bits per heavy atom. The molecular weight excluding hydrogens is 208 g/mol. The fraction of sp³-hybridized carbons (Fsp3) is 0.600. The quantitative estimate of drug-likeness (QED) is 0.813. The zero-order chi connectivity index (χ0) is 12.8. The maximum atomic E-state index is 3.44. The molecule has 0 aromatic heterocycles. The average molecular weight is 234 g/mol. The van der Waals surface area contributed by atoms with Crippen LogP contribution in [-0.4, -0.2) is 26.2 Å². The molecule has 1 rings (SSSR count). The number of anilines is 1. The molecule has 17 heavy (non-hydrogen) atoms. The molecular formula is C15H26N2. The summed E-state index contributed by atoms with van der Waals surface area (Å²) in [5.74, 6) is 0. The van der Waals surface area contributed by atoms with E-state index < -0.39 is 0 Å². The Morgan fingerprint density at radius 3 is 2.18 bits per heavy atom. The molecule has 1 unspecified atom stereocenters. The van der Waals surface area contributed by atoms with Crippen molar-refractivity contribution in [3.8, 4) is 0 Å². The molecule has 1 atom stereocenters. The number of aryl methyl sites for hydroxylation is 2. The van der Waals surface area contributed by atoms with Gasteiger partial charge in [0.05, 0.1) is 0 Å². The number of rotatable bonds is 6. The number of hydrogen-bond acceptors (Lipinski definition) is 2. The molecule has 0 fully saturated rings. The Labute approximate surface area is 106 Å². The van der Waals surface area contributed by atoms with Gasteiger partial charge in [0, 0.05) is 25.3 Å². The van der Waals surface area contributed by atoms with E-state index in [2.05, 4.69) is 63.2 Å². The van der Waals surface area contributed by atoms with Crippen LogP contribution in [0.1, 0.15) is 31.4 Å². The molecule has 2 heteroatoms. The van der Waals surface area contributed by atoms with Crippen LogP contribution in [0, 0.1) is 13.8 Å². The highest BCUT2D eigenvalue weighted by Crippen LogP contribution is 2.20. The fourth-order valence-electron chi connectivity index (χ4n) is 2.23. The predicted molar refractivity (Wildman–Crippen MR) is 76.9 cm³/mol. The van der Waals surface area contributed by atoms with Crippen molar-refractivity contribution in [2.45, 2.75) is 40.2 Å². The van der Waals surface area contributed by atoms with Gasteiger partial charge in [0.15, 0.2) is 0 Å².